The number of carbonyl (C=O) groups excluding carboxylic acids is 2. The van der Waals surface area contributed by atoms with E-state index in [1.807, 2.05) is 0 Å². The molecule has 1 atom stereocenters. The number of halogens is 1. The molecule has 1 heterocycles. The van der Waals surface area contributed by atoms with Gasteiger partial charge in [-0.2, -0.15) is 0 Å². The van der Waals surface area contributed by atoms with E-state index < -0.39 is 6.04 Å². The van der Waals surface area contributed by atoms with E-state index in [-0.39, 0.29) is 11.8 Å². The highest BCUT2D eigenvalue weighted by Gasteiger charge is 2.31. The van der Waals surface area contributed by atoms with Crippen LogP contribution in [0.3, 0.4) is 0 Å². The number of hydrogen-bond acceptors (Lipinski definition) is 3. The monoisotopic (exact) mass is 281 g/mol. The Morgan fingerprint density at radius 1 is 1.37 bits per heavy atom. The maximum atomic E-state index is 12.4. The second kappa shape index (κ2) is 6.04. The van der Waals surface area contributed by atoms with Crippen molar-refractivity contribution in [2.45, 2.75) is 6.04 Å². The molecule has 1 fully saturated rings. The average molecular weight is 282 g/mol. The molecule has 1 aromatic carbocycles. The smallest absolute Gasteiger partial charge is 0.254 e. The molecule has 1 aliphatic heterocycles. The number of piperazine rings is 1. The topological polar surface area (TPSA) is 61.4 Å². The van der Waals surface area contributed by atoms with E-state index in [4.69, 9.17) is 11.6 Å². The Labute approximate surface area is 116 Å². The Morgan fingerprint density at radius 3 is 2.68 bits per heavy atom. The SMILES string of the molecule is CNC(=O)C1CNCCN1C(=O)c1ccc(Cl)cc1. The second-order valence-electron chi connectivity index (χ2n) is 4.34. The lowest BCUT2D eigenvalue weighted by Crippen LogP contribution is -2.59. The molecule has 0 bridgehead atoms. The van der Waals surface area contributed by atoms with Crippen LogP contribution in [0.5, 0.6) is 0 Å². The Kier molecular flexibility index (Phi) is 4.39. The van der Waals surface area contributed by atoms with E-state index in [0.29, 0.717) is 30.2 Å². The second-order valence-corrected chi connectivity index (χ2v) is 4.78. The quantitative estimate of drug-likeness (QED) is 0.830. The summed E-state index contributed by atoms with van der Waals surface area (Å²) in [4.78, 5) is 25.8. The van der Waals surface area contributed by atoms with Gasteiger partial charge in [0.25, 0.3) is 5.91 Å². The minimum Gasteiger partial charge on any atom is -0.357 e. The van der Waals surface area contributed by atoms with Gasteiger partial charge in [-0.15, -0.1) is 0 Å². The molecule has 1 aromatic rings. The van der Waals surface area contributed by atoms with Crippen molar-refractivity contribution >= 4 is 23.4 Å². The van der Waals surface area contributed by atoms with E-state index in [1.54, 1.807) is 36.2 Å². The first kappa shape index (κ1) is 13.8. The van der Waals surface area contributed by atoms with Crippen LogP contribution in [0.25, 0.3) is 0 Å². The fourth-order valence-corrected chi connectivity index (χ4v) is 2.23. The molecule has 0 aromatic heterocycles. The fraction of sp³-hybridized carbons (Fsp3) is 0.385. The normalized spacial score (nSPS) is 19.1. The van der Waals surface area contributed by atoms with Gasteiger partial charge in [0.2, 0.25) is 5.91 Å². The summed E-state index contributed by atoms with van der Waals surface area (Å²) in [5, 5.41) is 6.29. The zero-order chi connectivity index (χ0) is 13.8. The molecule has 0 spiro atoms. The summed E-state index contributed by atoms with van der Waals surface area (Å²) in [7, 11) is 1.57. The molecule has 2 amide bonds. The van der Waals surface area contributed by atoms with Gasteiger partial charge in [0.15, 0.2) is 0 Å². The number of likely N-dealkylation sites (N-methyl/N-ethyl adjacent to an activating group) is 1. The predicted octanol–water partition coefficient (Wildman–Crippen LogP) is 0.500. The van der Waals surface area contributed by atoms with Crippen LogP contribution in [-0.2, 0) is 4.79 Å². The van der Waals surface area contributed by atoms with Crippen LogP contribution in [0, 0.1) is 0 Å². The van der Waals surface area contributed by atoms with Gasteiger partial charge in [0, 0.05) is 37.3 Å². The van der Waals surface area contributed by atoms with Crippen molar-refractivity contribution in [1.29, 1.82) is 0 Å². The molecule has 2 rings (SSSR count). The molecule has 1 unspecified atom stereocenters. The molecule has 6 heteroatoms. The fourth-order valence-electron chi connectivity index (χ4n) is 2.11. The molecule has 5 nitrogen and oxygen atoms in total. The Bertz CT molecular complexity index is 475. The Morgan fingerprint density at radius 2 is 2.05 bits per heavy atom. The molecular weight excluding hydrogens is 266 g/mol. The summed E-state index contributed by atoms with van der Waals surface area (Å²) in [6.45, 7) is 1.67. The maximum absolute atomic E-state index is 12.4. The minimum absolute atomic E-state index is 0.147. The first-order chi connectivity index (χ1) is 9.13. The third-order valence-electron chi connectivity index (χ3n) is 3.14. The molecule has 102 valence electrons. The number of carbonyl (C=O) groups is 2. The van der Waals surface area contributed by atoms with Crippen molar-refractivity contribution < 1.29 is 9.59 Å². The van der Waals surface area contributed by atoms with Crippen molar-refractivity contribution in [3.05, 3.63) is 34.9 Å². The highest BCUT2D eigenvalue weighted by molar-refractivity contribution is 6.30. The molecule has 1 saturated heterocycles. The number of rotatable bonds is 2. The Balaban J connectivity index is 2.20. The van der Waals surface area contributed by atoms with Crippen LogP contribution in [0.1, 0.15) is 10.4 Å². The van der Waals surface area contributed by atoms with Crippen molar-refractivity contribution in [3.63, 3.8) is 0 Å². The molecule has 2 N–H and O–H groups in total. The Hall–Kier alpha value is -1.59. The zero-order valence-corrected chi connectivity index (χ0v) is 11.4. The minimum atomic E-state index is -0.470. The van der Waals surface area contributed by atoms with Gasteiger partial charge < -0.3 is 15.5 Å². The van der Waals surface area contributed by atoms with Crippen molar-refractivity contribution in [2.75, 3.05) is 26.7 Å². The molecule has 0 aliphatic carbocycles. The highest BCUT2D eigenvalue weighted by Crippen LogP contribution is 2.14. The average Bonchev–Trinajstić information content (AvgIpc) is 2.46. The third-order valence-corrected chi connectivity index (χ3v) is 3.40. The van der Waals surface area contributed by atoms with E-state index in [0.717, 1.165) is 0 Å². The molecule has 1 aliphatic rings. The lowest BCUT2D eigenvalue weighted by molar-refractivity contribution is -0.125. The van der Waals surface area contributed by atoms with Gasteiger partial charge in [-0.05, 0) is 24.3 Å². The van der Waals surface area contributed by atoms with Gasteiger partial charge in [0.05, 0.1) is 0 Å². The molecular formula is C13H16ClN3O2. The first-order valence-electron chi connectivity index (χ1n) is 6.12. The van der Waals surface area contributed by atoms with Gasteiger partial charge in [0.1, 0.15) is 6.04 Å². The van der Waals surface area contributed by atoms with Gasteiger partial charge >= 0.3 is 0 Å². The van der Waals surface area contributed by atoms with Crippen LogP contribution < -0.4 is 10.6 Å². The predicted molar refractivity (Wildman–Crippen MR) is 73.2 cm³/mol. The maximum Gasteiger partial charge on any atom is 0.254 e. The van der Waals surface area contributed by atoms with E-state index in [1.165, 1.54) is 0 Å². The number of benzene rings is 1. The van der Waals surface area contributed by atoms with Crippen LogP contribution in [0.2, 0.25) is 5.02 Å². The van der Waals surface area contributed by atoms with Crippen LogP contribution in [-0.4, -0.2) is 49.4 Å². The van der Waals surface area contributed by atoms with E-state index in [9.17, 15) is 9.59 Å². The van der Waals surface area contributed by atoms with Crippen molar-refractivity contribution in [2.24, 2.45) is 0 Å². The summed E-state index contributed by atoms with van der Waals surface area (Å²) in [6, 6.07) is 6.22. The van der Waals surface area contributed by atoms with Crippen LogP contribution in [0.15, 0.2) is 24.3 Å². The lowest BCUT2D eigenvalue weighted by Gasteiger charge is -2.35. The van der Waals surface area contributed by atoms with Gasteiger partial charge in [-0.1, -0.05) is 11.6 Å². The summed E-state index contributed by atoms with van der Waals surface area (Å²) < 4.78 is 0. The van der Waals surface area contributed by atoms with E-state index in [2.05, 4.69) is 10.6 Å². The molecule has 0 radical (unpaired) electrons. The van der Waals surface area contributed by atoms with Crippen molar-refractivity contribution in [3.8, 4) is 0 Å². The lowest BCUT2D eigenvalue weighted by atomic mass is 10.1. The number of amides is 2. The van der Waals surface area contributed by atoms with Gasteiger partial charge in [-0.25, -0.2) is 0 Å². The first-order valence-corrected chi connectivity index (χ1v) is 6.50. The van der Waals surface area contributed by atoms with Gasteiger partial charge in [-0.3, -0.25) is 9.59 Å². The largest absolute Gasteiger partial charge is 0.357 e. The summed E-state index contributed by atoms with van der Waals surface area (Å²) in [6.07, 6.45) is 0. The molecule has 19 heavy (non-hydrogen) atoms. The summed E-state index contributed by atoms with van der Waals surface area (Å²) >= 11 is 5.80. The summed E-state index contributed by atoms with van der Waals surface area (Å²) in [5.41, 5.74) is 0.542. The highest BCUT2D eigenvalue weighted by atomic mass is 35.5. The number of nitrogens with zero attached hydrogens (tertiary/aromatic N) is 1. The molecule has 0 saturated carbocycles. The summed E-state index contributed by atoms with van der Waals surface area (Å²) in [5.74, 6) is -0.304. The zero-order valence-electron chi connectivity index (χ0n) is 10.6. The third kappa shape index (κ3) is 3.05. The van der Waals surface area contributed by atoms with Crippen LogP contribution in [0.4, 0.5) is 0 Å². The number of nitrogens with one attached hydrogen (secondary N) is 2. The standard InChI is InChI=1S/C13H16ClN3O2/c1-15-12(18)11-8-16-6-7-17(11)13(19)9-2-4-10(14)5-3-9/h2-5,11,16H,6-8H2,1H3,(H,15,18). The van der Waals surface area contributed by atoms with E-state index >= 15 is 0 Å². The van der Waals surface area contributed by atoms with Crippen molar-refractivity contribution in [1.82, 2.24) is 15.5 Å². The van der Waals surface area contributed by atoms with Crippen LogP contribution >= 0.6 is 11.6 Å². The number of hydrogen-bond donors (Lipinski definition) is 2.